The molecule has 1 atom stereocenters. The molecule has 0 bridgehead atoms. The van der Waals surface area contributed by atoms with E-state index >= 15 is 0 Å². The molecule has 1 heterocycles. The van der Waals surface area contributed by atoms with Crippen LogP contribution >= 0.6 is 0 Å². The number of rotatable bonds is 7. The molecule has 2 rings (SSSR count). The van der Waals surface area contributed by atoms with E-state index < -0.39 is 9.84 Å². The van der Waals surface area contributed by atoms with E-state index in [4.69, 9.17) is 4.74 Å². The lowest BCUT2D eigenvalue weighted by Crippen LogP contribution is -2.48. The summed E-state index contributed by atoms with van der Waals surface area (Å²) in [5.41, 5.74) is 0. The van der Waals surface area contributed by atoms with Crippen molar-refractivity contribution in [2.24, 2.45) is 5.92 Å². The molecule has 2 fully saturated rings. The first kappa shape index (κ1) is 18.5. The first-order valence-electron chi connectivity index (χ1n) is 8.75. The fourth-order valence-electron chi connectivity index (χ4n) is 3.62. The molecule has 23 heavy (non-hydrogen) atoms. The largest absolute Gasteiger partial charge is 0.383 e. The number of nitrogens with one attached hydrogen (secondary N) is 1. The number of ether oxygens (including phenoxy) is 1. The molecule has 2 aliphatic rings. The molecular weight excluding hydrogens is 316 g/mol. The van der Waals surface area contributed by atoms with Crippen molar-refractivity contribution in [2.75, 3.05) is 38.3 Å². The van der Waals surface area contributed by atoms with Gasteiger partial charge in [-0.1, -0.05) is 32.1 Å². The third kappa shape index (κ3) is 5.95. The maximum atomic E-state index is 12.5. The van der Waals surface area contributed by atoms with Crippen LogP contribution in [0.3, 0.4) is 0 Å². The molecule has 1 aliphatic heterocycles. The van der Waals surface area contributed by atoms with E-state index in [0.29, 0.717) is 26.1 Å². The molecular formula is C16H30N2O4S. The van der Waals surface area contributed by atoms with E-state index in [9.17, 15) is 13.2 Å². The van der Waals surface area contributed by atoms with E-state index in [1.54, 1.807) is 12.0 Å². The lowest BCUT2D eigenvalue weighted by molar-refractivity contribution is 0.133. The first-order chi connectivity index (χ1) is 11.0. The third-order valence-electron chi connectivity index (χ3n) is 5.00. The third-order valence-corrected chi connectivity index (χ3v) is 6.75. The van der Waals surface area contributed by atoms with Crippen LogP contribution < -0.4 is 5.32 Å². The van der Waals surface area contributed by atoms with Crippen LogP contribution in [-0.4, -0.2) is 63.7 Å². The zero-order valence-corrected chi connectivity index (χ0v) is 14.9. The highest BCUT2D eigenvalue weighted by molar-refractivity contribution is 7.91. The lowest BCUT2D eigenvalue weighted by atomic mass is 9.87. The Morgan fingerprint density at radius 2 is 1.96 bits per heavy atom. The van der Waals surface area contributed by atoms with Crippen molar-refractivity contribution in [1.29, 1.82) is 0 Å². The summed E-state index contributed by atoms with van der Waals surface area (Å²) in [6, 6.07) is -0.371. The molecule has 6 nitrogen and oxygen atoms in total. The summed E-state index contributed by atoms with van der Waals surface area (Å²) in [6.45, 7) is 1.53. The summed E-state index contributed by atoms with van der Waals surface area (Å²) in [7, 11) is -1.41. The minimum absolute atomic E-state index is 0.0762. The van der Waals surface area contributed by atoms with Gasteiger partial charge in [0.05, 0.1) is 18.1 Å². The van der Waals surface area contributed by atoms with Crippen molar-refractivity contribution in [3.8, 4) is 0 Å². The van der Waals surface area contributed by atoms with Gasteiger partial charge >= 0.3 is 6.03 Å². The highest BCUT2D eigenvalue weighted by atomic mass is 32.2. The van der Waals surface area contributed by atoms with Gasteiger partial charge in [-0.3, -0.25) is 0 Å². The Labute approximate surface area is 139 Å². The van der Waals surface area contributed by atoms with Crippen LogP contribution in [0.25, 0.3) is 0 Å². The molecule has 1 saturated carbocycles. The number of methoxy groups -OCH3 is 1. The Kier molecular flexibility index (Phi) is 7.14. The van der Waals surface area contributed by atoms with Crippen molar-refractivity contribution in [1.82, 2.24) is 10.2 Å². The Balaban J connectivity index is 1.81. The van der Waals surface area contributed by atoms with Gasteiger partial charge in [0.25, 0.3) is 0 Å². The summed E-state index contributed by atoms with van der Waals surface area (Å²) in [5.74, 6) is 0.979. The van der Waals surface area contributed by atoms with E-state index in [1.807, 2.05) is 0 Å². The number of amides is 2. The molecule has 0 spiro atoms. The summed E-state index contributed by atoms with van der Waals surface area (Å²) in [4.78, 5) is 14.1. The molecule has 134 valence electrons. The Bertz CT molecular complexity index is 474. The second-order valence-electron chi connectivity index (χ2n) is 6.77. The number of urea groups is 1. The Hall–Kier alpha value is -0.820. The average Bonchev–Trinajstić information content (AvgIpc) is 2.88. The fourth-order valence-corrected chi connectivity index (χ4v) is 5.35. The molecule has 1 saturated heterocycles. The van der Waals surface area contributed by atoms with Gasteiger partial charge in [0.2, 0.25) is 0 Å². The van der Waals surface area contributed by atoms with E-state index in [-0.39, 0.29) is 23.6 Å². The molecule has 1 N–H and O–H groups in total. The molecule has 1 unspecified atom stereocenters. The summed E-state index contributed by atoms with van der Waals surface area (Å²) in [5, 5.41) is 2.98. The Morgan fingerprint density at radius 1 is 1.22 bits per heavy atom. The van der Waals surface area contributed by atoms with Gasteiger partial charge in [-0.05, 0) is 18.8 Å². The standard InChI is InChI=1S/C16H30N2O4S/c1-22-11-10-18(15-8-12-23(20,21)13-15)16(19)17-9-7-14-5-3-2-4-6-14/h14-15H,2-13H2,1H3,(H,17,19). The van der Waals surface area contributed by atoms with Crippen LogP contribution in [-0.2, 0) is 14.6 Å². The van der Waals surface area contributed by atoms with Crippen LogP contribution in [0.2, 0.25) is 0 Å². The van der Waals surface area contributed by atoms with Crippen LogP contribution in [0.5, 0.6) is 0 Å². The summed E-state index contributed by atoms with van der Waals surface area (Å²) < 4.78 is 28.4. The highest BCUT2D eigenvalue weighted by Gasteiger charge is 2.34. The van der Waals surface area contributed by atoms with Gasteiger partial charge in [0.1, 0.15) is 0 Å². The van der Waals surface area contributed by atoms with Crippen LogP contribution in [0.15, 0.2) is 0 Å². The second-order valence-corrected chi connectivity index (χ2v) is 9.00. The van der Waals surface area contributed by atoms with Gasteiger partial charge in [0, 0.05) is 26.2 Å². The molecule has 0 radical (unpaired) electrons. The highest BCUT2D eigenvalue weighted by Crippen LogP contribution is 2.25. The predicted molar refractivity (Wildman–Crippen MR) is 90.2 cm³/mol. The monoisotopic (exact) mass is 346 g/mol. The molecule has 7 heteroatoms. The van der Waals surface area contributed by atoms with Crippen molar-refractivity contribution in [2.45, 2.75) is 51.0 Å². The van der Waals surface area contributed by atoms with Gasteiger partial charge in [0.15, 0.2) is 9.84 Å². The van der Waals surface area contributed by atoms with Gasteiger partial charge < -0.3 is 15.0 Å². The molecule has 0 aromatic heterocycles. The fraction of sp³-hybridized carbons (Fsp3) is 0.938. The lowest BCUT2D eigenvalue weighted by Gasteiger charge is -2.29. The second kappa shape index (κ2) is 8.87. The van der Waals surface area contributed by atoms with Crippen LogP contribution in [0.1, 0.15) is 44.9 Å². The topological polar surface area (TPSA) is 75.7 Å². The number of nitrogens with zero attached hydrogens (tertiary/aromatic N) is 1. The number of sulfone groups is 1. The molecule has 2 amide bonds. The summed E-state index contributed by atoms with van der Waals surface area (Å²) >= 11 is 0. The normalized spacial score (nSPS) is 24.5. The van der Waals surface area contributed by atoms with Gasteiger partial charge in [-0.25, -0.2) is 13.2 Å². The SMILES string of the molecule is COCCN(C(=O)NCCC1CCCCC1)C1CCS(=O)(=O)C1. The van der Waals surface area contributed by atoms with Gasteiger partial charge in [-0.2, -0.15) is 0 Å². The minimum atomic E-state index is -3.00. The summed E-state index contributed by atoms with van der Waals surface area (Å²) in [6.07, 6.45) is 8.03. The van der Waals surface area contributed by atoms with Crippen LogP contribution in [0, 0.1) is 5.92 Å². The van der Waals surface area contributed by atoms with Crippen molar-refractivity contribution in [3.05, 3.63) is 0 Å². The zero-order chi connectivity index (χ0) is 16.7. The number of hydrogen-bond donors (Lipinski definition) is 1. The number of carbonyl (C=O) groups is 1. The van der Waals surface area contributed by atoms with Crippen molar-refractivity contribution in [3.63, 3.8) is 0 Å². The van der Waals surface area contributed by atoms with Crippen LogP contribution in [0.4, 0.5) is 4.79 Å². The van der Waals surface area contributed by atoms with Crippen molar-refractivity contribution >= 4 is 15.9 Å². The van der Waals surface area contributed by atoms with Gasteiger partial charge in [-0.15, -0.1) is 0 Å². The smallest absolute Gasteiger partial charge is 0.317 e. The maximum absolute atomic E-state index is 12.5. The minimum Gasteiger partial charge on any atom is -0.383 e. The quantitative estimate of drug-likeness (QED) is 0.763. The predicted octanol–water partition coefficient (Wildman–Crippen LogP) is 1.80. The van der Waals surface area contributed by atoms with E-state index in [1.165, 1.54) is 32.1 Å². The maximum Gasteiger partial charge on any atom is 0.317 e. The Morgan fingerprint density at radius 3 is 2.57 bits per heavy atom. The average molecular weight is 346 g/mol. The van der Waals surface area contributed by atoms with E-state index in [2.05, 4.69) is 5.32 Å². The zero-order valence-electron chi connectivity index (χ0n) is 14.1. The molecule has 0 aromatic carbocycles. The van der Waals surface area contributed by atoms with E-state index in [0.717, 1.165) is 12.3 Å². The molecule has 1 aliphatic carbocycles. The first-order valence-corrected chi connectivity index (χ1v) is 10.6. The van der Waals surface area contributed by atoms with Crippen molar-refractivity contribution < 1.29 is 17.9 Å². The number of carbonyl (C=O) groups excluding carboxylic acids is 1. The number of hydrogen-bond acceptors (Lipinski definition) is 4. The molecule has 0 aromatic rings.